The Labute approximate surface area is 146 Å². The predicted molar refractivity (Wildman–Crippen MR) is 90.0 cm³/mol. The fourth-order valence-electron chi connectivity index (χ4n) is 2.39. The molecule has 2 aromatic carbocycles. The molecule has 0 unspecified atom stereocenters. The summed E-state index contributed by atoms with van der Waals surface area (Å²) in [4.78, 5) is 12.2. The number of hydrogen-bond donors (Lipinski definition) is 2. The molecule has 0 aliphatic heterocycles. The highest BCUT2D eigenvalue weighted by atomic mass is 19.4. The summed E-state index contributed by atoms with van der Waals surface area (Å²) in [6.07, 6.45) is -4.44. The zero-order valence-electron chi connectivity index (χ0n) is 13.6. The Morgan fingerprint density at radius 1 is 1.12 bits per heavy atom. The van der Waals surface area contributed by atoms with E-state index in [0.717, 1.165) is 29.8 Å². The van der Waals surface area contributed by atoms with Gasteiger partial charge in [0.15, 0.2) is 5.82 Å². The number of anilines is 1. The minimum absolute atomic E-state index is 0.0971. The summed E-state index contributed by atoms with van der Waals surface area (Å²) >= 11 is 0. The molecule has 0 aliphatic carbocycles. The van der Waals surface area contributed by atoms with Gasteiger partial charge in [-0.3, -0.25) is 9.89 Å². The molecule has 0 bridgehead atoms. The number of carbonyl (C=O) groups excluding carboxylic acids is 1. The first-order valence-corrected chi connectivity index (χ1v) is 7.56. The smallest absolute Gasteiger partial charge is 0.416 e. The second-order valence-corrected chi connectivity index (χ2v) is 5.40. The number of nitrogens with one attached hydrogen (secondary N) is 2. The van der Waals surface area contributed by atoms with E-state index in [1.807, 2.05) is 18.2 Å². The van der Waals surface area contributed by atoms with Crippen molar-refractivity contribution in [2.45, 2.75) is 6.18 Å². The Morgan fingerprint density at radius 3 is 2.46 bits per heavy atom. The molecule has 0 radical (unpaired) electrons. The molecule has 2 N–H and O–H groups in total. The van der Waals surface area contributed by atoms with Crippen molar-refractivity contribution in [3.8, 4) is 17.0 Å². The molecule has 3 aromatic rings. The molecule has 0 fully saturated rings. The lowest BCUT2D eigenvalue weighted by atomic mass is 10.1. The highest BCUT2D eigenvalue weighted by molar-refractivity contribution is 6.04. The van der Waals surface area contributed by atoms with E-state index < -0.39 is 17.6 Å². The first-order chi connectivity index (χ1) is 12.4. The van der Waals surface area contributed by atoms with Crippen LogP contribution in [0.3, 0.4) is 0 Å². The van der Waals surface area contributed by atoms with Crippen LogP contribution >= 0.6 is 0 Å². The fraction of sp³-hybridized carbons (Fsp3) is 0.111. The van der Waals surface area contributed by atoms with Crippen LogP contribution in [0, 0.1) is 0 Å². The summed E-state index contributed by atoms with van der Waals surface area (Å²) < 4.78 is 43.0. The van der Waals surface area contributed by atoms with Crippen molar-refractivity contribution in [3.63, 3.8) is 0 Å². The number of aromatic amines is 1. The number of halogens is 3. The lowest BCUT2D eigenvalue weighted by Gasteiger charge is -2.07. The normalized spacial score (nSPS) is 11.2. The van der Waals surface area contributed by atoms with Gasteiger partial charge in [0, 0.05) is 17.2 Å². The van der Waals surface area contributed by atoms with Crippen molar-refractivity contribution in [2.24, 2.45) is 0 Å². The lowest BCUT2D eigenvalue weighted by Crippen LogP contribution is -2.13. The standard InChI is InChI=1S/C18H14F3N3O2/c1-26-15-5-3-2-4-13(15)14-10-16(24-23-14)22-17(25)11-6-8-12(9-7-11)18(19,20)21/h2-10H,1H3,(H2,22,23,24,25). The highest BCUT2D eigenvalue weighted by Gasteiger charge is 2.30. The Bertz CT molecular complexity index is 918. The van der Waals surface area contributed by atoms with E-state index in [4.69, 9.17) is 4.74 Å². The van der Waals surface area contributed by atoms with Crippen molar-refractivity contribution in [1.82, 2.24) is 10.2 Å². The number of para-hydroxylation sites is 1. The van der Waals surface area contributed by atoms with Gasteiger partial charge in [-0.2, -0.15) is 18.3 Å². The number of alkyl halides is 3. The van der Waals surface area contributed by atoms with Crippen molar-refractivity contribution in [2.75, 3.05) is 12.4 Å². The molecule has 1 amide bonds. The van der Waals surface area contributed by atoms with Gasteiger partial charge in [0.1, 0.15) is 5.75 Å². The van der Waals surface area contributed by atoms with E-state index in [1.54, 1.807) is 19.2 Å². The zero-order valence-corrected chi connectivity index (χ0v) is 13.6. The molecular formula is C18H14F3N3O2. The topological polar surface area (TPSA) is 67.0 Å². The second-order valence-electron chi connectivity index (χ2n) is 5.40. The molecule has 0 saturated carbocycles. The van der Waals surface area contributed by atoms with Gasteiger partial charge in [0.2, 0.25) is 0 Å². The van der Waals surface area contributed by atoms with E-state index in [2.05, 4.69) is 15.5 Å². The summed E-state index contributed by atoms with van der Waals surface area (Å²) in [7, 11) is 1.54. The van der Waals surface area contributed by atoms with Gasteiger partial charge in [-0.25, -0.2) is 0 Å². The van der Waals surface area contributed by atoms with Gasteiger partial charge >= 0.3 is 6.18 Å². The molecule has 0 aliphatic rings. The van der Waals surface area contributed by atoms with E-state index in [-0.39, 0.29) is 11.4 Å². The molecule has 5 nitrogen and oxygen atoms in total. The van der Waals surface area contributed by atoms with Crippen LogP contribution in [-0.2, 0) is 6.18 Å². The Kier molecular flexibility index (Phi) is 4.66. The molecule has 1 heterocycles. The largest absolute Gasteiger partial charge is 0.496 e. The fourth-order valence-corrected chi connectivity index (χ4v) is 2.39. The van der Waals surface area contributed by atoms with Crippen molar-refractivity contribution >= 4 is 11.7 Å². The number of nitrogens with zero attached hydrogens (tertiary/aromatic N) is 1. The maximum absolute atomic E-state index is 12.6. The number of H-pyrrole nitrogens is 1. The minimum Gasteiger partial charge on any atom is -0.496 e. The maximum atomic E-state index is 12.6. The van der Waals surface area contributed by atoms with Crippen LogP contribution in [0.2, 0.25) is 0 Å². The Morgan fingerprint density at radius 2 is 1.81 bits per heavy atom. The van der Waals surface area contributed by atoms with Gasteiger partial charge in [0.25, 0.3) is 5.91 Å². The summed E-state index contributed by atoms with van der Waals surface area (Å²) in [6, 6.07) is 12.8. The monoisotopic (exact) mass is 361 g/mol. The van der Waals surface area contributed by atoms with Crippen LogP contribution in [0.25, 0.3) is 11.3 Å². The van der Waals surface area contributed by atoms with Crippen molar-refractivity contribution < 1.29 is 22.7 Å². The van der Waals surface area contributed by atoms with Crippen LogP contribution in [0.5, 0.6) is 5.75 Å². The summed E-state index contributed by atoms with van der Waals surface area (Å²) in [6.45, 7) is 0. The van der Waals surface area contributed by atoms with Gasteiger partial charge in [0.05, 0.1) is 18.4 Å². The van der Waals surface area contributed by atoms with E-state index >= 15 is 0 Å². The number of benzene rings is 2. The number of methoxy groups -OCH3 is 1. The average Bonchev–Trinajstić information content (AvgIpc) is 3.09. The van der Waals surface area contributed by atoms with Crippen LogP contribution in [0.15, 0.2) is 54.6 Å². The second kappa shape index (κ2) is 6.91. The number of hydrogen-bond acceptors (Lipinski definition) is 3. The average molecular weight is 361 g/mol. The van der Waals surface area contributed by atoms with E-state index in [9.17, 15) is 18.0 Å². The van der Waals surface area contributed by atoms with Crippen LogP contribution < -0.4 is 10.1 Å². The Balaban J connectivity index is 1.76. The van der Waals surface area contributed by atoms with Crippen LogP contribution in [0.4, 0.5) is 19.0 Å². The lowest BCUT2D eigenvalue weighted by molar-refractivity contribution is -0.137. The van der Waals surface area contributed by atoms with Gasteiger partial charge in [-0.1, -0.05) is 12.1 Å². The quantitative estimate of drug-likeness (QED) is 0.726. The first kappa shape index (κ1) is 17.5. The van der Waals surface area contributed by atoms with Gasteiger partial charge in [-0.05, 0) is 36.4 Å². The van der Waals surface area contributed by atoms with Gasteiger partial charge < -0.3 is 10.1 Å². The molecule has 1 aromatic heterocycles. The van der Waals surface area contributed by atoms with E-state index in [1.165, 1.54) is 0 Å². The first-order valence-electron chi connectivity index (χ1n) is 7.56. The molecule has 0 spiro atoms. The van der Waals surface area contributed by atoms with E-state index in [0.29, 0.717) is 11.4 Å². The minimum atomic E-state index is -4.44. The van der Waals surface area contributed by atoms with Crippen LogP contribution in [-0.4, -0.2) is 23.2 Å². The molecule has 0 saturated heterocycles. The van der Waals surface area contributed by atoms with Gasteiger partial charge in [-0.15, -0.1) is 0 Å². The predicted octanol–water partition coefficient (Wildman–Crippen LogP) is 4.36. The molecule has 26 heavy (non-hydrogen) atoms. The Hall–Kier alpha value is -3.29. The summed E-state index contributed by atoms with van der Waals surface area (Å²) in [5.74, 6) is 0.323. The number of amides is 1. The number of carbonyl (C=O) groups is 1. The third kappa shape index (κ3) is 3.69. The van der Waals surface area contributed by atoms with Crippen LogP contribution in [0.1, 0.15) is 15.9 Å². The SMILES string of the molecule is COc1ccccc1-c1cc(NC(=O)c2ccc(C(F)(F)F)cc2)n[nH]1. The number of rotatable bonds is 4. The number of aromatic nitrogens is 2. The number of ether oxygens (including phenoxy) is 1. The third-order valence-electron chi connectivity index (χ3n) is 3.69. The molecule has 8 heteroatoms. The molecule has 134 valence electrons. The molecule has 3 rings (SSSR count). The summed E-state index contributed by atoms with van der Waals surface area (Å²) in [5.41, 5.74) is 0.676. The maximum Gasteiger partial charge on any atom is 0.416 e. The highest BCUT2D eigenvalue weighted by Crippen LogP contribution is 2.30. The van der Waals surface area contributed by atoms with Crippen molar-refractivity contribution in [3.05, 3.63) is 65.7 Å². The molecular weight excluding hydrogens is 347 g/mol. The van der Waals surface area contributed by atoms with Crippen molar-refractivity contribution in [1.29, 1.82) is 0 Å². The molecule has 0 atom stereocenters. The summed E-state index contributed by atoms with van der Waals surface area (Å²) in [5, 5.41) is 9.33. The third-order valence-corrected chi connectivity index (χ3v) is 3.69. The zero-order chi connectivity index (χ0) is 18.7.